The molecule has 0 saturated heterocycles. The van der Waals surface area contributed by atoms with Gasteiger partial charge in [0.25, 0.3) is 0 Å². The molecular formula is C21H25NO. The maximum absolute atomic E-state index is 10.9. The van der Waals surface area contributed by atoms with E-state index < -0.39 is 0 Å². The third-order valence-corrected chi connectivity index (χ3v) is 6.18. The second kappa shape index (κ2) is 5.77. The van der Waals surface area contributed by atoms with Gasteiger partial charge in [-0.25, -0.2) is 0 Å². The molecule has 5 rings (SSSR count). The second-order valence-corrected chi connectivity index (χ2v) is 7.36. The van der Waals surface area contributed by atoms with E-state index in [0.717, 1.165) is 38.6 Å². The predicted molar refractivity (Wildman–Crippen MR) is 93.2 cm³/mol. The maximum atomic E-state index is 10.9. The van der Waals surface area contributed by atoms with Gasteiger partial charge in [0.05, 0.1) is 6.10 Å². The number of hydrogen-bond acceptors (Lipinski definition) is 2. The van der Waals surface area contributed by atoms with Gasteiger partial charge in [0.1, 0.15) is 0 Å². The van der Waals surface area contributed by atoms with Crippen LogP contribution in [0.1, 0.15) is 43.2 Å². The lowest BCUT2D eigenvalue weighted by Crippen LogP contribution is -2.62. The van der Waals surface area contributed by atoms with Crippen LogP contribution in [-0.2, 0) is 12.0 Å². The van der Waals surface area contributed by atoms with E-state index in [4.69, 9.17) is 0 Å². The fourth-order valence-electron chi connectivity index (χ4n) is 4.66. The van der Waals surface area contributed by atoms with E-state index in [1.807, 2.05) is 0 Å². The highest BCUT2D eigenvalue weighted by atomic mass is 16.3. The third-order valence-electron chi connectivity index (χ3n) is 6.18. The van der Waals surface area contributed by atoms with Gasteiger partial charge in [0.15, 0.2) is 0 Å². The molecule has 1 atom stereocenters. The lowest BCUT2D eigenvalue weighted by atomic mass is 9.53. The fourth-order valence-corrected chi connectivity index (χ4v) is 4.66. The van der Waals surface area contributed by atoms with Crippen molar-refractivity contribution in [2.24, 2.45) is 0 Å². The fraction of sp³-hybridized carbons (Fsp3) is 0.429. The summed E-state index contributed by atoms with van der Waals surface area (Å²) in [6.07, 6.45) is 5.11. The van der Waals surface area contributed by atoms with Gasteiger partial charge in [0.2, 0.25) is 0 Å². The number of benzene rings is 2. The number of aliphatic hydroxyl groups excluding tert-OH is 1. The predicted octanol–water partition coefficient (Wildman–Crippen LogP) is 3.79. The minimum absolute atomic E-state index is 0.0164. The largest absolute Gasteiger partial charge is 0.392 e. The molecule has 2 nitrogen and oxygen atoms in total. The van der Waals surface area contributed by atoms with Crippen molar-refractivity contribution < 1.29 is 5.11 Å². The Morgan fingerprint density at radius 2 is 1.48 bits per heavy atom. The summed E-state index contributed by atoms with van der Waals surface area (Å²) >= 11 is 0. The van der Waals surface area contributed by atoms with E-state index in [0.29, 0.717) is 0 Å². The van der Waals surface area contributed by atoms with Crippen LogP contribution in [0.25, 0.3) is 0 Å². The van der Waals surface area contributed by atoms with Crippen LogP contribution >= 0.6 is 0 Å². The van der Waals surface area contributed by atoms with Crippen LogP contribution in [0.5, 0.6) is 0 Å². The number of nitrogens with one attached hydrogen (secondary N) is 1. The van der Waals surface area contributed by atoms with Gasteiger partial charge >= 0.3 is 0 Å². The molecule has 23 heavy (non-hydrogen) atoms. The molecule has 2 aromatic carbocycles. The zero-order chi connectivity index (χ0) is 15.8. The first kappa shape index (κ1) is 14.9. The molecule has 120 valence electrons. The average Bonchev–Trinajstić information content (AvgIpc) is 2.63. The molecule has 2 heteroatoms. The van der Waals surface area contributed by atoms with Crippen molar-refractivity contribution in [3.63, 3.8) is 0 Å². The first-order valence-electron chi connectivity index (χ1n) is 8.75. The first-order valence-corrected chi connectivity index (χ1v) is 8.75. The molecule has 2 N–H and O–H groups in total. The number of hydrogen-bond donors (Lipinski definition) is 2. The van der Waals surface area contributed by atoms with E-state index in [2.05, 4.69) is 66.0 Å². The molecule has 2 bridgehead atoms. The SMILES string of the molecule is OC1CC2(NCc3ccccc3)CCC1(c1ccccc1)CC2. The van der Waals surface area contributed by atoms with Crippen LogP contribution in [0.4, 0.5) is 0 Å². The maximum Gasteiger partial charge on any atom is 0.0654 e. The Morgan fingerprint density at radius 3 is 2.09 bits per heavy atom. The molecule has 0 heterocycles. The second-order valence-electron chi connectivity index (χ2n) is 7.36. The molecule has 3 aliphatic rings. The Labute approximate surface area is 138 Å². The normalized spacial score (nSPS) is 32.8. The summed E-state index contributed by atoms with van der Waals surface area (Å²) in [6.45, 7) is 0.895. The van der Waals surface area contributed by atoms with E-state index in [1.54, 1.807) is 0 Å². The number of fused-ring (bicyclic) bond motifs is 3. The van der Waals surface area contributed by atoms with Gasteiger partial charge in [-0.15, -0.1) is 0 Å². The van der Waals surface area contributed by atoms with Crippen molar-refractivity contribution in [3.05, 3.63) is 71.8 Å². The van der Waals surface area contributed by atoms with Crippen molar-refractivity contribution in [2.45, 2.75) is 55.7 Å². The third kappa shape index (κ3) is 2.60. The van der Waals surface area contributed by atoms with Gasteiger partial charge in [0, 0.05) is 17.5 Å². The van der Waals surface area contributed by atoms with Gasteiger partial charge in [-0.3, -0.25) is 0 Å². The number of aliphatic hydroxyl groups is 1. The van der Waals surface area contributed by atoms with E-state index in [9.17, 15) is 5.11 Å². The monoisotopic (exact) mass is 307 g/mol. The molecule has 0 aliphatic heterocycles. The van der Waals surface area contributed by atoms with Gasteiger partial charge < -0.3 is 10.4 Å². The highest BCUT2D eigenvalue weighted by Gasteiger charge is 2.54. The summed E-state index contributed by atoms with van der Waals surface area (Å²) in [5.74, 6) is 0. The molecule has 3 aliphatic carbocycles. The standard InChI is InChI=1S/C21H25NO/c23-19-15-20(22-16-17-7-3-1-4-8-17)11-13-21(19,14-12-20)18-9-5-2-6-10-18/h1-10,19,22-23H,11-16H2. The van der Waals surface area contributed by atoms with Gasteiger partial charge in [-0.1, -0.05) is 60.7 Å². The highest BCUT2D eigenvalue weighted by Crippen LogP contribution is 2.53. The topological polar surface area (TPSA) is 32.3 Å². The molecule has 0 aromatic heterocycles. The van der Waals surface area contributed by atoms with Gasteiger partial charge in [-0.05, 0) is 43.2 Å². The molecule has 2 aromatic rings. The van der Waals surface area contributed by atoms with Crippen molar-refractivity contribution >= 4 is 0 Å². The minimum Gasteiger partial charge on any atom is -0.392 e. The lowest BCUT2D eigenvalue weighted by molar-refractivity contribution is -0.0503. The van der Waals surface area contributed by atoms with E-state index >= 15 is 0 Å². The van der Waals surface area contributed by atoms with Crippen molar-refractivity contribution in [2.75, 3.05) is 0 Å². The van der Waals surface area contributed by atoms with E-state index in [1.165, 1.54) is 11.1 Å². The van der Waals surface area contributed by atoms with Crippen LogP contribution in [0.2, 0.25) is 0 Å². The minimum atomic E-state index is -0.240. The Bertz CT molecular complexity index is 644. The molecule has 3 saturated carbocycles. The molecule has 0 radical (unpaired) electrons. The highest BCUT2D eigenvalue weighted by molar-refractivity contribution is 5.31. The Hall–Kier alpha value is -1.64. The van der Waals surface area contributed by atoms with Gasteiger partial charge in [-0.2, -0.15) is 0 Å². The summed E-state index contributed by atoms with van der Waals surface area (Å²) in [5.41, 5.74) is 2.74. The summed E-state index contributed by atoms with van der Waals surface area (Å²) < 4.78 is 0. The Balaban J connectivity index is 1.50. The Kier molecular flexibility index (Phi) is 3.74. The van der Waals surface area contributed by atoms with Crippen LogP contribution in [0, 0.1) is 0 Å². The molecule has 3 fully saturated rings. The summed E-state index contributed by atoms with van der Waals surface area (Å²) in [4.78, 5) is 0. The molecular weight excluding hydrogens is 282 g/mol. The Morgan fingerprint density at radius 1 is 0.870 bits per heavy atom. The molecule has 1 unspecified atom stereocenters. The summed E-state index contributed by atoms with van der Waals surface area (Å²) in [6, 6.07) is 21.2. The zero-order valence-electron chi connectivity index (χ0n) is 13.5. The van der Waals surface area contributed by atoms with E-state index in [-0.39, 0.29) is 17.1 Å². The van der Waals surface area contributed by atoms with Crippen LogP contribution in [-0.4, -0.2) is 16.7 Å². The lowest BCUT2D eigenvalue weighted by Gasteiger charge is -2.57. The zero-order valence-corrected chi connectivity index (χ0v) is 13.5. The van der Waals surface area contributed by atoms with Crippen molar-refractivity contribution in [1.29, 1.82) is 0 Å². The first-order chi connectivity index (χ1) is 11.2. The van der Waals surface area contributed by atoms with Crippen LogP contribution < -0.4 is 5.32 Å². The van der Waals surface area contributed by atoms with Crippen molar-refractivity contribution in [3.8, 4) is 0 Å². The summed E-state index contributed by atoms with van der Waals surface area (Å²) in [7, 11) is 0. The quantitative estimate of drug-likeness (QED) is 0.900. The van der Waals surface area contributed by atoms with Crippen LogP contribution in [0.3, 0.4) is 0 Å². The molecule has 0 amide bonds. The molecule has 0 spiro atoms. The summed E-state index contributed by atoms with van der Waals surface area (Å²) in [5, 5.41) is 14.7. The van der Waals surface area contributed by atoms with Crippen LogP contribution in [0.15, 0.2) is 60.7 Å². The smallest absolute Gasteiger partial charge is 0.0654 e. The number of rotatable bonds is 4. The van der Waals surface area contributed by atoms with Crippen molar-refractivity contribution in [1.82, 2.24) is 5.32 Å². The average molecular weight is 307 g/mol.